The van der Waals surface area contributed by atoms with Gasteiger partial charge in [-0.05, 0) is 23.6 Å². The SMILES string of the molecule is COC(=O)CC(NC(=O)c1cccc2c1OCCO2)c1cccs1. The number of amides is 1. The lowest BCUT2D eigenvalue weighted by Crippen LogP contribution is -2.31. The van der Waals surface area contributed by atoms with Gasteiger partial charge in [0, 0.05) is 4.88 Å². The van der Waals surface area contributed by atoms with Crippen molar-refractivity contribution in [3.05, 3.63) is 46.2 Å². The maximum absolute atomic E-state index is 12.7. The zero-order valence-electron chi connectivity index (χ0n) is 13.1. The summed E-state index contributed by atoms with van der Waals surface area (Å²) in [6.07, 6.45) is 0.0646. The van der Waals surface area contributed by atoms with Gasteiger partial charge in [0.2, 0.25) is 0 Å². The Kier molecular flexibility index (Phi) is 5.00. The van der Waals surface area contributed by atoms with Crippen molar-refractivity contribution >= 4 is 23.2 Å². The molecule has 0 radical (unpaired) electrons. The summed E-state index contributed by atoms with van der Waals surface area (Å²) >= 11 is 1.47. The summed E-state index contributed by atoms with van der Waals surface area (Å²) < 4.78 is 15.8. The predicted octanol–water partition coefficient (Wildman–Crippen LogP) is 2.55. The quantitative estimate of drug-likeness (QED) is 0.842. The minimum absolute atomic E-state index is 0.0646. The maximum atomic E-state index is 12.7. The first-order valence-electron chi connectivity index (χ1n) is 7.48. The zero-order valence-corrected chi connectivity index (χ0v) is 13.9. The van der Waals surface area contributed by atoms with Gasteiger partial charge in [0.05, 0.1) is 25.1 Å². The Balaban J connectivity index is 1.82. The number of benzene rings is 1. The fourth-order valence-corrected chi connectivity index (χ4v) is 3.23. The summed E-state index contributed by atoms with van der Waals surface area (Å²) in [5, 5.41) is 4.78. The fraction of sp³-hybridized carbons (Fsp3) is 0.294. The van der Waals surface area contributed by atoms with Crippen LogP contribution in [0.3, 0.4) is 0 Å². The van der Waals surface area contributed by atoms with Crippen LogP contribution in [-0.2, 0) is 9.53 Å². The van der Waals surface area contributed by atoms with Gasteiger partial charge in [0.15, 0.2) is 11.5 Å². The van der Waals surface area contributed by atoms with Crippen LogP contribution in [0.4, 0.5) is 0 Å². The number of hydrogen-bond donors (Lipinski definition) is 1. The van der Waals surface area contributed by atoms with Crippen LogP contribution in [0.5, 0.6) is 11.5 Å². The van der Waals surface area contributed by atoms with Crippen LogP contribution in [0.15, 0.2) is 35.7 Å². The third-order valence-electron chi connectivity index (χ3n) is 3.60. The smallest absolute Gasteiger partial charge is 0.307 e. The van der Waals surface area contributed by atoms with Gasteiger partial charge in [-0.15, -0.1) is 11.3 Å². The molecule has 1 unspecified atom stereocenters. The van der Waals surface area contributed by atoms with Gasteiger partial charge in [0.1, 0.15) is 13.2 Å². The average Bonchev–Trinajstić information content (AvgIpc) is 3.15. The average molecular weight is 347 g/mol. The number of rotatable bonds is 5. The molecule has 0 bridgehead atoms. The third kappa shape index (κ3) is 3.51. The Labute approximate surface area is 143 Å². The van der Waals surface area contributed by atoms with Crippen molar-refractivity contribution in [2.24, 2.45) is 0 Å². The minimum Gasteiger partial charge on any atom is -0.486 e. The standard InChI is InChI=1S/C17H17NO5S/c1-21-15(19)10-12(14-6-3-9-24-14)18-17(20)11-4-2-5-13-16(11)23-8-7-22-13/h2-6,9,12H,7-8,10H2,1H3,(H,18,20). The van der Waals surface area contributed by atoms with Crippen molar-refractivity contribution in [3.63, 3.8) is 0 Å². The summed E-state index contributed by atoms with van der Waals surface area (Å²) in [6, 6.07) is 8.47. The highest BCUT2D eigenvalue weighted by molar-refractivity contribution is 7.10. The molecule has 7 heteroatoms. The van der Waals surface area contributed by atoms with E-state index in [2.05, 4.69) is 5.32 Å². The number of ether oxygens (including phenoxy) is 3. The Hall–Kier alpha value is -2.54. The number of hydrogen-bond acceptors (Lipinski definition) is 6. The monoisotopic (exact) mass is 347 g/mol. The molecule has 1 atom stereocenters. The Morgan fingerprint density at radius 1 is 1.25 bits per heavy atom. The van der Waals surface area contributed by atoms with E-state index >= 15 is 0 Å². The zero-order chi connectivity index (χ0) is 16.9. The second kappa shape index (κ2) is 7.35. The van der Waals surface area contributed by atoms with E-state index < -0.39 is 6.04 Å². The number of para-hydroxylation sites is 1. The van der Waals surface area contributed by atoms with Gasteiger partial charge in [-0.3, -0.25) is 9.59 Å². The first-order valence-corrected chi connectivity index (χ1v) is 8.36. The first kappa shape index (κ1) is 16.3. The van der Waals surface area contributed by atoms with Gasteiger partial charge >= 0.3 is 5.97 Å². The molecule has 2 heterocycles. The van der Waals surface area contributed by atoms with Crippen molar-refractivity contribution < 1.29 is 23.8 Å². The highest BCUT2D eigenvalue weighted by Gasteiger charge is 2.25. The molecule has 3 rings (SSSR count). The van der Waals surface area contributed by atoms with E-state index in [0.717, 1.165) is 4.88 Å². The van der Waals surface area contributed by atoms with E-state index in [-0.39, 0.29) is 18.3 Å². The van der Waals surface area contributed by atoms with E-state index in [1.165, 1.54) is 18.4 Å². The van der Waals surface area contributed by atoms with Crippen LogP contribution in [0.2, 0.25) is 0 Å². The third-order valence-corrected chi connectivity index (χ3v) is 4.59. The van der Waals surface area contributed by atoms with Crippen LogP contribution in [0.1, 0.15) is 27.7 Å². The largest absolute Gasteiger partial charge is 0.486 e. The molecule has 2 aromatic rings. The maximum Gasteiger partial charge on any atom is 0.307 e. The molecular formula is C17H17NO5S. The summed E-state index contributed by atoms with van der Waals surface area (Å²) in [6.45, 7) is 0.853. The summed E-state index contributed by atoms with van der Waals surface area (Å²) in [4.78, 5) is 25.2. The molecule has 1 aromatic carbocycles. The normalized spacial score (nSPS) is 13.9. The van der Waals surface area contributed by atoms with Crippen LogP contribution < -0.4 is 14.8 Å². The molecule has 0 spiro atoms. The first-order chi connectivity index (χ1) is 11.7. The molecule has 126 valence electrons. The van der Waals surface area contributed by atoms with Crippen LogP contribution in [-0.4, -0.2) is 32.2 Å². The number of nitrogens with one attached hydrogen (secondary N) is 1. The van der Waals surface area contributed by atoms with Crippen LogP contribution in [0.25, 0.3) is 0 Å². The Morgan fingerprint density at radius 2 is 2.08 bits per heavy atom. The van der Waals surface area contributed by atoms with E-state index in [0.29, 0.717) is 30.3 Å². The topological polar surface area (TPSA) is 73.9 Å². The lowest BCUT2D eigenvalue weighted by molar-refractivity contribution is -0.141. The lowest BCUT2D eigenvalue weighted by atomic mass is 10.1. The highest BCUT2D eigenvalue weighted by atomic mass is 32.1. The lowest BCUT2D eigenvalue weighted by Gasteiger charge is -2.22. The predicted molar refractivity (Wildman–Crippen MR) is 88.6 cm³/mol. The number of methoxy groups -OCH3 is 1. The molecule has 1 N–H and O–H groups in total. The molecule has 6 nitrogen and oxygen atoms in total. The van der Waals surface area contributed by atoms with Gasteiger partial charge in [-0.25, -0.2) is 0 Å². The molecule has 1 aromatic heterocycles. The Morgan fingerprint density at radius 3 is 2.83 bits per heavy atom. The van der Waals surface area contributed by atoms with E-state index in [4.69, 9.17) is 14.2 Å². The second-order valence-electron chi connectivity index (χ2n) is 5.15. The van der Waals surface area contributed by atoms with Crippen molar-refractivity contribution in [1.82, 2.24) is 5.32 Å². The summed E-state index contributed by atoms with van der Waals surface area (Å²) in [5.41, 5.74) is 0.388. The van der Waals surface area contributed by atoms with Crippen LogP contribution in [0, 0.1) is 0 Å². The molecule has 24 heavy (non-hydrogen) atoms. The second-order valence-corrected chi connectivity index (χ2v) is 6.13. The summed E-state index contributed by atoms with van der Waals surface area (Å²) in [7, 11) is 1.33. The summed E-state index contributed by atoms with van der Waals surface area (Å²) in [5.74, 6) is 0.279. The molecule has 1 aliphatic heterocycles. The molecule has 1 amide bonds. The van der Waals surface area contributed by atoms with Crippen molar-refractivity contribution in [2.75, 3.05) is 20.3 Å². The molecular weight excluding hydrogens is 330 g/mol. The Bertz CT molecular complexity index is 729. The van der Waals surface area contributed by atoms with E-state index in [1.807, 2.05) is 17.5 Å². The number of carbonyl (C=O) groups is 2. The van der Waals surface area contributed by atoms with Gasteiger partial charge in [0.25, 0.3) is 5.91 Å². The van der Waals surface area contributed by atoms with Crippen molar-refractivity contribution in [3.8, 4) is 11.5 Å². The fourth-order valence-electron chi connectivity index (χ4n) is 2.45. The van der Waals surface area contributed by atoms with Crippen LogP contribution >= 0.6 is 11.3 Å². The minimum atomic E-state index is -0.453. The number of thiophene rings is 1. The highest BCUT2D eigenvalue weighted by Crippen LogP contribution is 2.34. The molecule has 0 saturated heterocycles. The number of fused-ring (bicyclic) bond motifs is 1. The van der Waals surface area contributed by atoms with E-state index in [9.17, 15) is 9.59 Å². The number of esters is 1. The molecule has 0 saturated carbocycles. The number of carbonyl (C=O) groups excluding carboxylic acids is 2. The van der Waals surface area contributed by atoms with E-state index in [1.54, 1.807) is 18.2 Å². The van der Waals surface area contributed by atoms with Gasteiger partial charge in [-0.1, -0.05) is 12.1 Å². The van der Waals surface area contributed by atoms with Gasteiger partial charge < -0.3 is 19.5 Å². The molecule has 1 aliphatic rings. The van der Waals surface area contributed by atoms with Crippen molar-refractivity contribution in [2.45, 2.75) is 12.5 Å². The van der Waals surface area contributed by atoms with Gasteiger partial charge in [-0.2, -0.15) is 0 Å². The molecule has 0 aliphatic carbocycles. The van der Waals surface area contributed by atoms with Crippen molar-refractivity contribution in [1.29, 1.82) is 0 Å². The molecule has 0 fully saturated rings.